The molecule has 0 saturated carbocycles. The zero-order chi connectivity index (χ0) is 10.1. The number of halogens is 1. The van der Waals surface area contributed by atoms with Gasteiger partial charge in [-0.3, -0.25) is 9.48 Å². The lowest BCUT2D eigenvalue weighted by molar-refractivity contribution is 0.0950. The molecular formula is C8H10BrN3O2. The van der Waals surface area contributed by atoms with Gasteiger partial charge in [0, 0.05) is 12.6 Å². The van der Waals surface area contributed by atoms with Crippen molar-refractivity contribution in [3.8, 4) is 0 Å². The molecular weight excluding hydrogens is 250 g/mol. The first kappa shape index (κ1) is 9.67. The number of rotatable bonds is 1. The van der Waals surface area contributed by atoms with E-state index >= 15 is 0 Å². The van der Waals surface area contributed by atoms with Gasteiger partial charge in [0.2, 0.25) is 0 Å². The summed E-state index contributed by atoms with van der Waals surface area (Å²) >= 11 is 3.21. The van der Waals surface area contributed by atoms with Crippen LogP contribution in [0.5, 0.6) is 0 Å². The number of aliphatic hydroxyl groups excluding tert-OH is 1. The average Bonchev–Trinajstić information content (AvgIpc) is 2.48. The third kappa shape index (κ3) is 1.55. The van der Waals surface area contributed by atoms with Crippen molar-refractivity contribution in [2.24, 2.45) is 0 Å². The van der Waals surface area contributed by atoms with Gasteiger partial charge in [-0.1, -0.05) is 0 Å². The third-order valence-electron chi connectivity index (χ3n) is 2.26. The van der Waals surface area contributed by atoms with Crippen molar-refractivity contribution in [2.45, 2.75) is 12.5 Å². The van der Waals surface area contributed by atoms with Crippen molar-refractivity contribution >= 4 is 21.8 Å². The smallest absolute Gasteiger partial charge is 0.269 e. The van der Waals surface area contributed by atoms with Crippen LogP contribution in [-0.2, 0) is 0 Å². The Morgan fingerprint density at radius 1 is 1.79 bits per heavy atom. The lowest BCUT2D eigenvalue weighted by atomic mass is 10.2. The number of carbonyl (C=O) groups is 1. The molecule has 0 fully saturated rings. The average molecular weight is 260 g/mol. The van der Waals surface area contributed by atoms with Crippen molar-refractivity contribution in [3.05, 3.63) is 16.4 Å². The summed E-state index contributed by atoms with van der Waals surface area (Å²) in [5, 5.41) is 16.0. The van der Waals surface area contributed by atoms with Crippen LogP contribution >= 0.6 is 15.9 Å². The highest BCUT2D eigenvalue weighted by Gasteiger charge is 2.23. The van der Waals surface area contributed by atoms with E-state index in [1.165, 1.54) is 0 Å². The van der Waals surface area contributed by atoms with E-state index < -0.39 is 0 Å². The quantitative estimate of drug-likeness (QED) is 0.763. The highest BCUT2D eigenvalue weighted by Crippen LogP contribution is 2.19. The number of hydrogen-bond donors (Lipinski definition) is 2. The Morgan fingerprint density at radius 2 is 2.57 bits per heavy atom. The van der Waals surface area contributed by atoms with E-state index in [9.17, 15) is 4.79 Å². The number of aliphatic hydroxyl groups is 1. The normalized spacial score (nSPS) is 21.3. The van der Waals surface area contributed by atoms with Crippen LogP contribution in [0.2, 0.25) is 0 Å². The Morgan fingerprint density at radius 3 is 3.29 bits per heavy atom. The van der Waals surface area contributed by atoms with E-state index in [-0.39, 0.29) is 18.6 Å². The first-order valence-corrected chi connectivity index (χ1v) is 5.16. The molecule has 1 aromatic heterocycles. The molecule has 2 rings (SSSR count). The molecule has 1 aliphatic heterocycles. The molecule has 6 heteroatoms. The van der Waals surface area contributed by atoms with E-state index in [1.807, 2.05) is 0 Å². The number of fused-ring (bicyclic) bond motifs is 1. The minimum Gasteiger partial charge on any atom is -0.394 e. The van der Waals surface area contributed by atoms with Gasteiger partial charge < -0.3 is 10.4 Å². The minimum atomic E-state index is -0.140. The van der Waals surface area contributed by atoms with Gasteiger partial charge in [0.25, 0.3) is 5.91 Å². The van der Waals surface area contributed by atoms with Gasteiger partial charge in [0.1, 0.15) is 10.3 Å². The molecule has 1 unspecified atom stereocenters. The van der Waals surface area contributed by atoms with Gasteiger partial charge in [0.15, 0.2) is 0 Å². The molecule has 0 saturated heterocycles. The maximum atomic E-state index is 11.5. The van der Waals surface area contributed by atoms with Crippen LogP contribution in [0.3, 0.4) is 0 Å². The molecule has 76 valence electrons. The SMILES string of the molecule is O=C1NCCC(CO)n2nc(Br)cc21. The zero-order valence-electron chi connectivity index (χ0n) is 7.40. The summed E-state index contributed by atoms with van der Waals surface area (Å²) in [5.41, 5.74) is 0.494. The number of nitrogens with one attached hydrogen (secondary N) is 1. The standard InChI is InChI=1S/C8H10BrN3O2/c9-7-3-6-8(14)10-2-1-5(4-13)12(6)11-7/h3,5,13H,1-2,4H2,(H,10,14). The molecule has 1 atom stereocenters. The van der Waals surface area contributed by atoms with E-state index in [0.29, 0.717) is 23.3 Å². The summed E-state index contributed by atoms with van der Waals surface area (Å²) in [5.74, 6) is -0.140. The predicted octanol–water partition coefficient (Wildman–Crippen LogP) is 0.312. The second kappa shape index (κ2) is 3.70. The fourth-order valence-electron chi connectivity index (χ4n) is 1.55. The Hall–Kier alpha value is -0.880. The topological polar surface area (TPSA) is 67.2 Å². The van der Waals surface area contributed by atoms with E-state index in [4.69, 9.17) is 5.11 Å². The minimum absolute atomic E-state index is 0.00389. The third-order valence-corrected chi connectivity index (χ3v) is 2.65. The van der Waals surface area contributed by atoms with Crippen molar-refractivity contribution in [1.82, 2.24) is 15.1 Å². The molecule has 2 heterocycles. The highest BCUT2D eigenvalue weighted by atomic mass is 79.9. The molecule has 0 radical (unpaired) electrons. The molecule has 5 nitrogen and oxygen atoms in total. The van der Waals surface area contributed by atoms with Crippen molar-refractivity contribution in [2.75, 3.05) is 13.2 Å². The molecule has 14 heavy (non-hydrogen) atoms. The number of amides is 1. The monoisotopic (exact) mass is 259 g/mol. The summed E-state index contributed by atoms with van der Waals surface area (Å²) in [6.07, 6.45) is 0.698. The Kier molecular flexibility index (Phi) is 2.56. The summed E-state index contributed by atoms with van der Waals surface area (Å²) in [4.78, 5) is 11.5. The Bertz CT molecular complexity index is 363. The lowest BCUT2D eigenvalue weighted by Gasteiger charge is -2.12. The van der Waals surface area contributed by atoms with E-state index in [2.05, 4.69) is 26.3 Å². The summed E-state index contributed by atoms with van der Waals surface area (Å²) in [7, 11) is 0. The fraction of sp³-hybridized carbons (Fsp3) is 0.500. The summed E-state index contributed by atoms with van der Waals surface area (Å²) in [6, 6.07) is 1.54. The second-order valence-corrected chi connectivity index (χ2v) is 3.99. The first-order chi connectivity index (χ1) is 6.72. The van der Waals surface area contributed by atoms with Crippen molar-refractivity contribution in [1.29, 1.82) is 0 Å². The van der Waals surface area contributed by atoms with Crippen molar-refractivity contribution in [3.63, 3.8) is 0 Å². The van der Waals surface area contributed by atoms with Gasteiger partial charge in [-0.05, 0) is 22.4 Å². The van der Waals surface area contributed by atoms with E-state index in [0.717, 1.165) is 0 Å². The Labute approximate surface area is 89.2 Å². The molecule has 1 aromatic rings. The maximum absolute atomic E-state index is 11.5. The van der Waals surface area contributed by atoms with Crippen LogP contribution in [0.25, 0.3) is 0 Å². The Balaban J connectivity index is 2.46. The maximum Gasteiger partial charge on any atom is 0.269 e. The van der Waals surface area contributed by atoms with Gasteiger partial charge in [-0.2, -0.15) is 5.10 Å². The molecule has 1 amide bonds. The zero-order valence-corrected chi connectivity index (χ0v) is 8.99. The summed E-state index contributed by atoms with van der Waals surface area (Å²) < 4.78 is 2.19. The van der Waals surface area contributed by atoms with Gasteiger partial charge >= 0.3 is 0 Å². The fourth-order valence-corrected chi connectivity index (χ4v) is 1.93. The number of nitrogens with zero attached hydrogens (tertiary/aromatic N) is 2. The second-order valence-electron chi connectivity index (χ2n) is 3.18. The van der Waals surface area contributed by atoms with Crippen molar-refractivity contribution < 1.29 is 9.90 Å². The van der Waals surface area contributed by atoms with Crippen LogP contribution in [-0.4, -0.2) is 33.9 Å². The number of aromatic nitrogens is 2. The number of carbonyl (C=O) groups excluding carboxylic acids is 1. The van der Waals surface area contributed by atoms with Crippen LogP contribution in [0.4, 0.5) is 0 Å². The molecule has 0 aromatic carbocycles. The van der Waals surface area contributed by atoms with Gasteiger partial charge in [-0.15, -0.1) is 0 Å². The highest BCUT2D eigenvalue weighted by molar-refractivity contribution is 9.10. The molecule has 1 aliphatic rings. The molecule has 0 spiro atoms. The summed E-state index contributed by atoms with van der Waals surface area (Å²) in [6.45, 7) is 0.571. The van der Waals surface area contributed by atoms with Crippen LogP contribution in [0, 0.1) is 0 Å². The van der Waals surface area contributed by atoms with Gasteiger partial charge in [-0.25, -0.2) is 0 Å². The predicted molar refractivity (Wildman–Crippen MR) is 53.0 cm³/mol. The number of hydrogen-bond acceptors (Lipinski definition) is 3. The van der Waals surface area contributed by atoms with Crippen LogP contribution in [0.15, 0.2) is 10.7 Å². The van der Waals surface area contributed by atoms with Crippen LogP contribution in [0.1, 0.15) is 23.0 Å². The molecule has 0 bridgehead atoms. The lowest BCUT2D eigenvalue weighted by Crippen LogP contribution is -2.22. The molecule has 0 aliphatic carbocycles. The van der Waals surface area contributed by atoms with Gasteiger partial charge in [0.05, 0.1) is 12.6 Å². The van der Waals surface area contributed by atoms with E-state index in [1.54, 1.807) is 10.7 Å². The molecule has 2 N–H and O–H groups in total. The van der Waals surface area contributed by atoms with Crippen LogP contribution < -0.4 is 5.32 Å². The first-order valence-electron chi connectivity index (χ1n) is 4.36. The largest absolute Gasteiger partial charge is 0.394 e.